The van der Waals surface area contributed by atoms with Gasteiger partial charge in [0, 0.05) is 24.4 Å². The Kier molecular flexibility index (Phi) is 5.57. The molecule has 0 radical (unpaired) electrons. The number of nitrogens with one attached hydrogen (secondary N) is 1. The highest BCUT2D eigenvalue weighted by Crippen LogP contribution is 2.20. The van der Waals surface area contributed by atoms with Crippen molar-refractivity contribution in [2.75, 3.05) is 5.75 Å². The zero-order chi connectivity index (χ0) is 18.5. The first-order valence-electron chi connectivity index (χ1n) is 7.61. The van der Waals surface area contributed by atoms with E-state index in [1.54, 1.807) is 25.3 Å². The molecule has 0 aliphatic carbocycles. The first kappa shape index (κ1) is 18.0. The molecule has 1 aromatic carbocycles. The molecular formula is C17H14F2N4O2S. The second-order valence-electron chi connectivity index (χ2n) is 5.33. The first-order valence-corrected chi connectivity index (χ1v) is 8.60. The molecule has 2 heterocycles. The summed E-state index contributed by atoms with van der Waals surface area (Å²) in [5.74, 6) is -0.588. The van der Waals surface area contributed by atoms with Crippen LogP contribution >= 0.6 is 11.8 Å². The Morgan fingerprint density at radius 1 is 1.27 bits per heavy atom. The maximum atomic E-state index is 13.5. The van der Waals surface area contributed by atoms with Gasteiger partial charge in [0.15, 0.2) is 5.82 Å². The summed E-state index contributed by atoms with van der Waals surface area (Å²) in [6.07, 6.45) is 1.58. The summed E-state index contributed by atoms with van der Waals surface area (Å²) in [5.41, 5.74) is 0.910. The van der Waals surface area contributed by atoms with Crippen LogP contribution in [0.2, 0.25) is 0 Å². The molecule has 9 heteroatoms. The molecule has 0 aliphatic rings. The summed E-state index contributed by atoms with van der Waals surface area (Å²) in [5, 5.41) is 6.94. The Morgan fingerprint density at radius 3 is 2.77 bits per heavy atom. The predicted molar refractivity (Wildman–Crippen MR) is 91.2 cm³/mol. The number of amides is 1. The van der Waals surface area contributed by atoms with Gasteiger partial charge in [0.05, 0.1) is 16.3 Å². The quantitative estimate of drug-likeness (QED) is 0.666. The maximum Gasteiger partial charge on any atom is 0.259 e. The van der Waals surface area contributed by atoms with Gasteiger partial charge < -0.3 is 9.84 Å². The lowest BCUT2D eigenvalue weighted by atomic mass is 10.2. The third-order valence-corrected chi connectivity index (χ3v) is 4.30. The zero-order valence-electron chi connectivity index (χ0n) is 13.7. The number of thioether (sulfide) groups is 1. The Labute approximate surface area is 152 Å². The van der Waals surface area contributed by atoms with Crippen molar-refractivity contribution in [2.45, 2.75) is 18.5 Å². The molecule has 0 aliphatic heterocycles. The average Bonchev–Trinajstić information content (AvgIpc) is 3.06. The number of pyridine rings is 1. The Morgan fingerprint density at radius 2 is 2.12 bits per heavy atom. The van der Waals surface area contributed by atoms with Gasteiger partial charge in [-0.25, -0.2) is 13.8 Å². The second kappa shape index (κ2) is 8.05. The Bertz CT molecular complexity index is 915. The first-order chi connectivity index (χ1) is 12.5. The minimum absolute atomic E-state index is 0.00557. The predicted octanol–water partition coefficient (Wildman–Crippen LogP) is 3.13. The van der Waals surface area contributed by atoms with Gasteiger partial charge in [0.1, 0.15) is 11.6 Å². The van der Waals surface area contributed by atoms with Gasteiger partial charge in [-0.3, -0.25) is 4.79 Å². The van der Waals surface area contributed by atoms with Crippen LogP contribution in [0.25, 0.3) is 11.5 Å². The van der Waals surface area contributed by atoms with E-state index < -0.39 is 11.6 Å². The topological polar surface area (TPSA) is 80.9 Å². The minimum atomic E-state index is -0.688. The highest BCUT2D eigenvalue weighted by molar-refractivity contribution is 7.99. The maximum absolute atomic E-state index is 13.5. The van der Waals surface area contributed by atoms with Crippen LogP contribution in [0, 0.1) is 18.6 Å². The van der Waals surface area contributed by atoms with Crippen LogP contribution in [0.4, 0.5) is 8.78 Å². The molecule has 6 nitrogen and oxygen atoms in total. The molecule has 0 saturated heterocycles. The fourth-order valence-corrected chi connectivity index (χ4v) is 2.73. The fraction of sp³-hybridized carbons (Fsp3) is 0.176. The summed E-state index contributed by atoms with van der Waals surface area (Å²) >= 11 is 1.24. The van der Waals surface area contributed by atoms with Crippen molar-refractivity contribution in [3.8, 4) is 11.5 Å². The van der Waals surface area contributed by atoms with Gasteiger partial charge in [0.2, 0.25) is 5.91 Å². The molecule has 3 aromatic rings. The van der Waals surface area contributed by atoms with Crippen molar-refractivity contribution in [3.63, 3.8) is 0 Å². The van der Waals surface area contributed by atoms with Crippen molar-refractivity contribution in [1.29, 1.82) is 0 Å². The summed E-state index contributed by atoms with van der Waals surface area (Å²) < 4.78 is 31.4. The van der Waals surface area contributed by atoms with Crippen molar-refractivity contribution >= 4 is 17.7 Å². The number of hydrogen-bond acceptors (Lipinski definition) is 6. The molecule has 3 rings (SSSR count). The molecule has 26 heavy (non-hydrogen) atoms. The molecule has 2 aromatic heterocycles. The van der Waals surface area contributed by atoms with Crippen LogP contribution in [0.15, 0.2) is 46.1 Å². The molecule has 1 amide bonds. The van der Waals surface area contributed by atoms with Crippen LogP contribution < -0.4 is 5.32 Å². The number of rotatable bonds is 6. The highest BCUT2D eigenvalue weighted by atomic mass is 32.2. The minimum Gasteiger partial charge on any atom is -0.351 e. The van der Waals surface area contributed by atoms with Crippen LogP contribution in [-0.4, -0.2) is 26.8 Å². The molecule has 0 unspecified atom stereocenters. The Hall–Kier alpha value is -2.81. The third-order valence-electron chi connectivity index (χ3n) is 3.35. The normalized spacial score (nSPS) is 10.7. The molecule has 134 valence electrons. The van der Waals surface area contributed by atoms with Crippen molar-refractivity contribution in [2.24, 2.45) is 0 Å². The van der Waals surface area contributed by atoms with Gasteiger partial charge in [0.25, 0.3) is 5.89 Å². The van der Waals surface area contributed by atoms with E-state index >= 15 is 0 Å². The van der Waals surface area contributed by atoms with E-state index in [0.29, 0.717) is 22.3 Å². The number of benzene rings is 1. The average molecular weight is 376 g/mol. The van der Waals surface area contributed by atoms with E-state index in [0.717, 1.165) is 12.1 Å². The number of aryl methyl sites for hydroxylation is 1. The van der Waals surface area contributed by atoms with Crippen LogP contribution in [0.5, 0.6) is 0 Å². The van der Waals surface area contributed by atoms with E-state index in [2.05, 4.69) is 20.4 Å². The number of carbonyl (C=O) groups is 1. The zero-order valence-corrected chi connectivity index (χ0v) is 14.5. The SMILES string of the molecule is Cc1noc(-c2ccc(SCC(=O)NCc3ccc(F)cc3F)nc2)n1. The number of carbonyl (C=O) groups excluding carboxylic acids is 1. The molecule has 0 bridgehead atoms. The van der Waals surface area contributed by atoms with E-state index in [9.17, 15) is 13.6 Å². The number of nitrogens with zero attached hydrogens (tertiary/aromatic N) is 3. The number of hydrogen-bond donors (Lipinski definition) is 1. The molecule has 0 fully saturated rings. The van der Waals surface area contributed by atoms with Crippen molar-refractivity contribution in [1.82, 2.24) is 20.4 Å². The number of aromatic nitrogens is 3. The summed E-state index contributed by atoms with van der Waals surface area (Å²) in [7, 11) is 0. The lowest BCUT2D eigenvalue weighted by molar-refractivity contribution is -0.118. The van der Waals surface area contributed by atoms with Crippen LogP contribution in [0.1, 0.15) is 11.4 Å². The van der Waals surface area contributed by atoms with E-state index in [4.69, 9.17) is 4.52 Å². The second-order valence-corrected chi connectivity index (χ2v) is 6.33. The monoisotopic (exact) mass is 376 g/mol. The largest absolute Gasteiger partial charge is 0.351 e. The van der Waals surface area contributed by atoms with Crippen LogP contribution in [0.3, 0.4) is 0 Å². The van der Waals surface area contributed by atoms with Gasteiger partial charge >= 0.3 is 0 Å². The lowest BCUT2D eigenvalue weighted by Gasteiger charge is -2.06. The Balaban J connectivity index is 1.49. The molecule has 0 spiro atoms. The lowest BCUT2D eigenvalue weighted by Crippen LogP contribution is -2.25. The standard InChI is InChI=1S/C17H14F2N4O2S/c1-10-22-17(25-23-10)12-3-5-16(21-8-12)26-9-15(24)20-7-11-2-4-13(18)6-14(11)19/h2-6,8H,7,9H2,1H3,(H,20,24). The fourth-order valence-electron chi connectivity index (χ4n) is 2.06. The van der Waals surface area contributed by atoms with Gasteiger partial charge in [-0.05, 0) is 25.1 Å². The van der Waals surface area contributed by atoms with Crippen molar-refractivity contribution < 1.29 is 18.1 Å². The molecular weight excluding hydrogens is 362 g/mol. The van der Waals surface area contributed by atoms with E-state index in [-0.39, 0.29) is 23.8 Å². The third kappa shape index (κ3) is 4.63. The van der Waals surface area contributed by atoms with Gasteiger partial charge in [-0.2, -0.15) is 4.98 Å². The van der Waals surface area contributed by atoms with E-state index in [1.165, 1.54) is 17.8 Å². The smallest absolute Gasteiger partial charge is 0.259 e. The molecule has 1 N–H and O–H groups in total. The van der Waals surface area contributed by atoms with Gasteiger partial charge in [-0.1, -0.05) is 23.0 Å². The summed E-state index contributed by atoms with van der Waals surface area (Å²) in [6, 6.07) is 6.75. The number of halogens is 2. The van der Waals surface area contributed by atoms with Gasteiger partial charge in [-0.15, -0.1) is 0 Å². The molecule has 0 saturated carbocycles. The van der Waals surface area contributed by atoms with Crippen LogP contribution in [-0.2, 0) is 11.3 Å². The van der Waals surface area contributed by atoms with E-state index in [1.807, 2.05) is 0 Å². The summed E-state index contributed by atoms with van der Waals surface area (Å²) in [4.78, 5) is 20.2. The highest BCUT2D eigenvalue weighted by Gasteiger charge is 2.09. The van der Waals surface area contributed by atoms with Crippen molar-refractivity contribution in [3.05, 3.63) is 59.6 Å². The molecule has 0 atom stereocenters. The summed E-state index contributed by atoms with van der Waals surface area (Å²) in [6.45, 7) is 1.72.